The van der Waals surface area contributed by atoms with Crippen molar-refractivity contribution in [1.29, 1.82) is 0 Å². The van der Waals surface area contributed by atoms with Gasteiger partial charge in [-0.15, -0.1) is 11.3 Å². The van der Waals surface area contributed by atoms with Crippen LogP contribution in [0, 0.1) is 6.92 Å². The van der Waals surface area contributed by atoms with E-state index in [1.807, 2.05) is 0 Å². The number of halogens is 1. The van der Waals surface area contributed by atoms with Crippen molar-refractivity contribution in [3.8, 4) is 0 Å². The summed E-state index contributed by atoms with van der Waals surface area (Å²) in [6.45, 7) is 4.29. The van der Waals surface area contributed by atoms with Gasteiger partial charge < -0.3 is 5.73 Å². The fraction of sp³-hybridized carbons (Fsp3) is 0.286. The molecule has 2 aromatic rings. The zero-order chi connectivity index (χ0) is 12.4. The monoisotopic (exact) mass is 309 g/mol. The van der Waals surface area contributed by atoms with Crippen LogP contribution in [0.1, 0.15) is 34.5 Å². The fourth-order valence-corrected chi connectivity index (χ4v) is 3.85. The van der Waals surface area contributed by atoms with Crippen LogP contribution in [-0.2, 0) is 6.42 Å². The largest absolute Gasteiger partial charge is 0.320 e. The zero-order valence-electron chi connectivity index (χ0n) is 10.0. The average molecular weight is 310 g/mol. The Morgan fingerprint density at radius 1 is 1.29 bits per heavy atom. The molecule has 0 radical (unpaired) electrons. The maximum atomic E-state index is 6.39. The van der Waals surface area contributed by atoms with Gasteiger partial charge in [0.15, 0.2) is 0 Å². The Hall–Kier alpha value is -0.640. The maximum absolute atomic E-state index is 6.39. The van der Waals surface area contributed by atoms with E-state index in [4.69, 9.17) is 5.73 Å². The standard InChI is InChI=1S/C14H16BrNS/c1-3-10-6-4-5-7-11(10)14(16)12-8-13(15)17-9(12)2/h4-8,14H,3,16H2,1-2H3. The van der Waals surface area contributed by atoms with Gasteiger partial charge in [0.2, 0.25) is 0 Å². The van der Waals surface area contributed by atoms with E-state index in [0.29, 0.717) is 0 Å². The molecule has 0 saturated heterocycles. The molecule has 0 aliphatic carbocycles. The Morgan fingerprint density at radius 2 is 2.00 bits per heavy atom. The van der Waals surface area contributed by atoms with Crippen LogP contribution in [-0.4, -0.2) is 0 Å². The van der Waals surface area contributed by atoms with E-state index >= 15 is 0 Å². The van der Waals surface area contributed by atoms with Gasteiger partial charge in [0.05, 0.1) is 9.83 Å². The van der Waals surface area contributed by atoms with Crippen molar-refractivity contribution in [2.45, 2.75) is 26.3 Å². The molecule has 1 aromatic carbocycles. The molecular formula is C14H16BrNS. The molecule has 2 N–H and O–H groups in total. The minimum absolute atomic E-state index is 0.0197. The summed E-state index contributed by atoms with van der Waals surface area (Å²) in [5.74, 6) is 0. The van der Waals surface area contributed by atoms with Gasteiger partial charge in [0.25, 0.3) is 0 Å². The summed E-state index contributed by atoms with van der Waals surface area (Å²) in [7, 11) is 0. The molecule has 3 heteroatoms. The van der Waals surface area contributed by atoms with Crippen LogP contribution in [0.2, 0.25) is 0 Å². The molecule has 0 spiro atoms. The SMILES string of the molecule is CCc1ccccc1C(N)c1cc(Br)sc1C. The van der Waals surface area contributed by atoms with Gasteiger partial charge in [-0.1, -0.05) is 31.2 Å². The van der Waals surface area contributed by atoms with E-state index in [9.17, 15) is 0 Å². The molecule has 1 aromatic heterocycles. The van der Waals surface area contributed by atoms with E-state index in [-0.39, 0.29) is 6.04 Å². The predicted molar refractivity (Wildman–Crippen MR) is 78.6 cm³/mol. The second kappa shape index (κ2) is 5.34. The quantitative estimate of drug-likeness (QED) is 0.891. The Balaban J connectivity index is 2.43. The molecule has 1 heterocycles. The third-order valence-corrected chi connectivity index (χ3v) is 4.60. The van der Waals surface area contributed by atoms with Crippen LogP contribution in [0.15, 0.2) is 34.1 Å². The summed E-state index contributed by atoms with van der Waals surface area (Å²) < 4.78 is 1.15. The van der Waals surface area contributed by atoms with Gasteiger partial charge in [0.1, 0.15) is 0 Å². The highest BCUT2D eigenvalue weighted by Crippen LogP contribution is 2.33. The normalized spacial score (nSPS) is 12.7. The van der Waals surface area contributed by atoms with Crippen molar-refractivity contribution in [2.75, 3.05) is 0 Å². The highest BCUT2D eigenvalue weighted by molar-refractivity contribution is 9.11. The van der Waals surface area contributed by atoms with E-state index in [1.165, 1.54) is 21.6 Å². The fourth-order valence-electron chi connectivity index (χ4n) is 2.09. The molecule has 1 atom stereocenters. The van der Waals surface area contributed by atoms with Crippen LogP contribution in [0.3, 0.4) is 0 Å². The number of hydrogen-bond donors (Lipinski definition) is 1. The highest BCUT2D eigenvalue weighted by atomic mass is 79.9. The molecule has 17 heavy (non-hydrogen) atoms. The van der Waals surface area contributed by atoms with Crippen LogP contribution < -0.4 is 5.73 Å². The second-order valence-corrected chi connectivity index (χ2v) is 6.73. The van der Waals surface area contributed by atoms with Gasteiger partial charge in [-0.2, -0.15) is 0 Å². The van der Waals surface area contributed by atoms with Crippen molar-refractivity contribution >= 4 is 27.3 Å². The third kappa shape index (κ3) is 2.62. The third-order valence-electron chi connectivity index (χ3n) is 3.03. The van der Waals surface area contributed by atoms with Crippen molar-refractivity contribution in [2.24, 2.45) is 5.73 Å². The Kier molecular flexibility index (Phi) is 4.02. The number of thiophene rings is 1. The van der Waals surface area contributed by atoms with Crippen molar-refractivity contribution < 1.29 is 0 Å². The molecule has 90 valence electrons. The lowest BCUT2D eigenvalue weighted by Crippen LogP contribution is -2.14. The number of hydrogen-bond acceptors (Lipinski definition) is 2. The summed E-state index contributed by atoms with van der Waals surface area (Å²) >= 11 is 5.26. The molecule has 0 fully saturated rings. The number of aryl methyl sites for hydroxylation is 2. The van der Waals surface area contributed by atoms with Gasteiger partial charge in [0, 0.05) is 4.88 Å². The van der Waals surface area contributed by atoms with Crippen LogP contribution in [0.25, 0.3) is 0 Å². The van der Waals surface area contributed by atoms with Gasteiger partial charge in [-0.25, -0.2) is 0 Å². The summed E-state index contributed by atoms with van der Waals surface area (Å²) in [6.07, 6.45) is 1.02. The molecule has 0 amide bonds. The van der Waals surface area contributed by atoms with Gasteiger partial charge in [-0.3, -0.25) is 0 Å². The Labute approximate surface area is 115 Å². The summed E-state index contributed by atoms with van der Waals surface area (Å²) in [4.78, 5) is 1.29. The lowest BCUT2D eigenvalue weighted by molar-refractivity contribution is 0.847. The van der Waals surface area contributed by atoms with E-state index in [0.717, 1.165) is 10.2 Å². The van der Waals surface area contributed by atoms with Gasteiger partial charge in [-0.05, 0) is 52.0 Å². The summed E-state index contributed by atoms with van der Waals surface area (Å²) in [5, 5.41) is 0. The molecule has 1 nitrogen and oxygen atoms in total. The maximum Gasteiger partial charge on any atom is 0.0704 e. The smallest absolute Gasteiger partial charge is 0.0704 e. The predicted octanol–water partition coefficient (Wildman–Crippen LogP) is 4.43. The van der Waals surface area contributed by atoms with Crippen LogP contribution in [0.5, 0.6) is 0 Å². The summed E-state index contributed by atoms with van der Waals surface area (Å²) in [6, 6.07) is 10.5. The van der Waals surface area contributed by atoms with E-state index < -0.39 is 0 Å². The minimum atomic E-state index is -0.0197. The first-order valence-corrected chi connectivity index (χ1v) is 7.33. The number of rotatable bonds is 3. The Bertz CT molecular complexity index is 519. The first-order chi connectivity index (χ1) is 8.13. The van der Waals surface area contributed by atoms with Crippen molar-refractivity contribution in [3.63, 3.8) is 0 Å². The highest BCUT2D eigenvalue weighted by Gasteiger charge is 2.16. The van der Waals surface area contributed by atoms with Gasteiger partial charge >= 0.3 is 0 Å². The van der Waals surface area contributed by atoms with E-state index in [2.05, 4.69) is 60.1 Å². The Morgan fingerprint density at radius 3 is 2.59 bits per heavy atom. The van der Waals surface area contributed by atoms with Crippen LogP contribution >= 0.6 is 27.3 Å². The molecule has 2 rings (SSSR count). The first kappa shape index (κ1) is 12.8. The minimum Gasteiger partial charge on any atom is -0.320 e. The van der Waals surface area contributed by atoms with E-state index in [1.54, 1.807) is 11.3 Å². The van der Waals surface area contributed by atoms with Crippen LogP contribution in [0.4, 0.5) is 0 Å². The molecule has 0 bridgehead atoms. The lowest BCUT2D eigenvalue weighted by Gasteiger charge is -2.15. The van der Waals surface area contributed by atoms with Crippen molar-refractivity contribution in [3.05, 3.63) is 55.7 Å². The number of nitrogens with two attached hydrogens (primary N) is 1. The topological polar surface area (TPSA) is 26.0 Å². The first-order valence-electron chi connectivity index (χ1n) is 5.72. The number of benzene rings is 1. The average Bonchev–Trinajstić information content (AvgIpc) is 2.67. The molecule has 0 aliphatic rings. The zero-order valence-corrected chi connectivity index (χ0v) is 12.4. The molecule has 0 aliphatic heterocycles. The lowest BCUT2D eigenvalue weighted by atomic mass is 9.94. The summed E-state index contributed by atoms with van der Waals surface area (Å²) in [5.41, 5.74) is 10.2. The molecule has 0 saturated carbocycles. The van der Waals surface area contributed by atoms with Crippen molar-refractivity contribution in [1.82, 2.24) is 0 Å². The second-order valence-electron chi connectivity index (χ2n) is 4.09. The molecular weight excluding hydrogens is 294 g/mol. The molecule has 1 unspecified atom stereocenters.